The van der Waals surface area contributed by atoms with Crippen molar-refractivity contribution in [3.63, 3.8) is 0 Å². The first-order chi connectivity index (χ1) is 21.6. The third kappa shape index (κ3) is 6.74. The fraction of sp³-hybridized carbons (Fsp3) is 0.121. The monoisotopic (exact) mass is 614 g/mol. The molecule has 0 spiro atoms. The highest BCUT2D eigenvalue weighted by Crippen LogP contribution is 2.35. The fourth-order valence-corrected chi connectivity index (χ4v) is 4.63. The average Bonchev–Trinajstić information content (AvgIpc) is 3.03. The lowest BCUT2D eigenvalue weighted by atomic mass is 10.1. The van der Waals surface area contributed by atoms with Crippen LogP contribution in [0.2, 0.25) is 0 Å². The molecule has 5 aromatic rings. The topological polar surface area (TPSA) is 109 Å². The number of nitrogens with zero attached hydrogens (tertiary/aromatic N) is 4. The number of halogens is 3. The number of allylic oxidation sites excluding steroid dienone is 1. The quantitative estimate of drug-likeness (QED) is 0.0713. The second-order valence-electron chi connectivity index (χ2n) is 9.81. The minimum Gasteiger partial charge on any atom is -0.493 e. The molecule has 0 radical (unpaired) electrons. The number of nitro benzene ring substituents is 1. The Balaban J connectivity index is 1.55. The Kier molecular flexibility index (Phi) is 8.75. The molecule has 0 unspecified atom stereocenters. The summed E-state index contributed by atoms with van der Waals surface area (Å²) in [4.78, 5) is 28.5. The summed E-state index contributed by atoms with van der Waals surface area (Å²) in [6.07, 6.45) is -1.18. The van der Waals surface area contributed by atoms with Gasteiger partial charge in [0.1, 0.15) is 6.61 Å². The molecular formula is C33H25F3N4O5. The number of non-ortho nitro benzene ring substituents is 1. The minimum absolute atomic E-state index is 0.0377. The molecule has 0 bridgehead atoms. The van der Waals surface area contributed by atoms with E-state index in [1.807, 2.05) is 0 Å². The number of ether oxygens (including phenoxy) is 2. The van der Waals surface area contributed by atoms with Crippen molar-refractivity contribution in [3.8, 4) is 22.9 Å². The van der Waals surface area contributed by atoms with Crippen molar-refractivity contribution < 1.29 is 27.6 Å². The first kappa shape index (κ1) is 30.7. The number of para-hydroxylation sites is 1. The summed E-state index contributed by atoms with van der Waals surface area (Å²) in [6.45, 7) is 3.90. The van der Waals surface area contributed by atoms with Gasteiger partial charge in [0.05, 0.1) is 34.7 Å². The lowest BCUT2D eigenvalue weighted by Crippen LogP contribution is -2.20. The molecule has 0 aliphatic carbocycles. The molecule has 0 saturated carbocycles. The van der Waals surface area contributed by atoms with Crippen LogP contribution in [0.4, 0.5) is 18.9 Å². The SMILES string of the molecule is C=CCc1cc(C=Nn2c(-c3cccc(C(F)(F)F)c3)nc3ccccc3c2=O)cc(OC)c1OCc1ccc([N+](=O)[O-])cc1. The number of rotatable bonds is 10. The van der Waals surface area contributed by atoms with E-state index in [0.29, 0.717) is 40.1 Å². The summed E-state index contributed by atoms with van der Waals surface area (Å²) in [6, 6.07) is 20.4. The van der Waals surface area contributed by atoms with E-state index in [4.69, 9.17) is 9.47 Å². The van der Waals surface area contributed by atoms with Crippen molar-refractivity contribution in [1.29, 1.82) is 0 Å². The number of hydrogen-bond acceptors (Lipinski definition) is 7. The number of benzene rings is 4. The van der Waals surface area contributed by atoms with E-state index in [0.717, 1.165) is 16.8 Å². The van der Waals surface area contributed by atoms with Gasteiger partial charge in [-0.1, -0.05) is 30.3 Å². The normalized spacial score (nSPS) is 11.6. The molecule has 45 heavy (non-hydrogen) atoms. The van der Waals surface area contributed by atoms with Crippen LogP contribution in [0.1, 0.15) is 22.3 Å². The molecule has 1 aromatic heterocycles. The van der Waals surface area contributed by atoms with Gasteiger partial charge in [-0.3, -0.25) is 14.9 Å². The molecule has 0 fully saturated rings. The summed E-state index contributed by atoms with van der Waals surface area (Å²) in [7, 11) is 1.45. The zero-order valence-electron chi connectivity index (χ0n) is 23.8. The van der Waals surface area contributed by atoms with Gasteiger partial charge < -0.3 is 9.47 Å². The predicted molar refractivity (Wildman–Crippen MR) is 164 cm³/mol. The molecule has 0 atom stereocenters. The van der Waals surface area contributed by atoms with Crippen LogP contribution >= 0.6 is 0 Å². The molecule has 5 rings (SSSR count). The highest BCUT2D eigenvalue weighted by atomic mass is 19.4. The number of aromatic nitrogens is 2. The number of methoxy groups -OCH3 is 1. The van der Waals surface area contributed by atoms with Crippen molar-refractivity contribution >= 4 is 22.8 Å². The minimum atomic E-state index is -4.60. The van der Waals surface area contributed by atoms with Crippen molar-refractivity contribution in [3.05, 3.63) is 140 Å². The largest absolute Gasteiger partial charge is 0.493 e. The Morgan fingerprint density at radius 1 is 1.04 bits per heavy atom. The van der Waals surface area contributed by atoms with Crippen LogP contribution in [0, 0.1) is 10.1 Å². The second kappa shape index (κ2) is 12.8. The lowest BCUT2D eigenvalue weighted by Gasteiger charge is -2.16. The smallest absolute Gasteiger partial charge is 0.416 e. The highest BCUT2D eigenvalue weighted by molar-refractivity contribution is 5.83. The molecule has 0 N–H and O–H groups in total. The van der Waals surface area contributed by atoms with E-state index in [1.54, 1.807) is 54.6 Å². The molecule has 1 heterocycles. The standard InChI is InChI=1S/C33H25F3N4O5/c1-3-7-23-16-22(17-29(44-2)30(23)45-20-21-12-14-26(15-13-21)40(42)43)19-37-39-31(24-8-6-9-25(18-24)33(34,35)36)38-28-11-5-4-10-27(28)32(39)41/h3-6,8-19H,1,7,20H2,2H3. The van der Waals surface area contributed by atoms with Crippen molar-refractivity contribution in [2.24, 2.45) is 5.10 Å². The maximum Gasteiger partial charge on any atom is 0.416 e. The van der Waals surface area contributed by atoms with E-state index in [1.165, 1.54) is 37.6 Å². The van der Waals surface area contributed by atoms with E-state index < -0.39 is 22.2 Å². The maximum absolute atomic E-state index is 13.5. The highest BCUT2D eigenvalue weighted by Gasteiger charge is 2.31. The van der Waals surface area contributed by atoms with Crippen molar-refractivity contribution in [2.45, 2.75) is 19.2 Å². The number of fused-ring (bicyclic) bond motifs is 1. The Morgan fingerprint density at radius 2 is 1.80 bits per heavy atom. The third-order valence-electron chi connectivity index (χ3n) is 6.79. The van der Waals surface area contributed by atoms with Gasteiger partial charge >= 0.3 is 6.18 Å². The summed E-state index contributed by atoms with van der Waals surface area (Å²) in [5, 5.41) is 15.6. The predicted octanol–water partition coefficient (Wildman–Crippen LogP) is 7.19. The van der Waals surface area contributed by atoms with Crippen LogP contribution in [-0.2, 0) is 19.2 Å². The van der Waals surface area contributed by atoms with Crippen LogP contribution in [0.5, 0.6) is 11.5 Å². The Labute approximate surface area is 254 Å². The number of alkyl halides is 3. The summed E-state index contributed by atoms with van der Waals surface area (Å²) >= 11 is 0. The molecule has 4 aromatic carbocycles. The van der Waals surface area contributed by atoms with E-state index in [-0.39, 0.29) is 29.1 Å². The Bertz CT molecular complexity index is 1990. The Morgan fingerprint density at radius 3 is 2.49 bits per heavy atom. The molecule has 0 aliphatic rings. The van der Waals surface area contributed by atoms with Gasteiger partial charge in [0.2, 0.25) is 0 Å². The number of nitro groups is 1. The van der Waals surface area contributed by atoms with Crippen molar-refractivity contribution in [1.82, 2.24) is 9.66 Å². The maximum atomic E-state index is 13.5. The summed E-state index contributed by atoms with van der Waals surface area (Å²) in [5.41, 5.74) is 0.755. The molecule has 12 heteroatoms. The number of hydrogen-bond donors (Lipinski definition) is 0. The van der Waals surface area contributed by atoms with E-state index in [9.17, 15) is 28.1 Å². The van der Waals surface area contributed by atoms with Gasteiger partial charge in [0, 0.05) is 23.3 Å². The molecule has 228 valence electrons. The average molecular weight is 615 g/mol. The molecule has 9 nitrogen and oxygen atoms in total. The first-order valence-electron chi connectivity index (χ1n) is 13.5. The van der Waals surface area contributed by atoms with Crippen LogP contribution in [0.15, 0.2) is 107 Å². The third-order valence-corrected chi connectivity index (χ3v) is 6.79. The summed E-state index contributed by atoms with van der Waals surface area (Å²) in [5.74, 6) is 0.698. The van der Waals surface area contributed by atoms with Crippen LogP contribution in [0.3, 0.4) is 0 Å². The molecule has 0 aliphatic heterocycles. The molecule has 0 saturated heterocycles. The van der Waals surface area contributed by atoms with Gasteiger partial charge in [-0.05, 0) is 66.1 Å². The van der Waals surface area contributed by atoms with Gasteiger partial charge in [0.15, 0.2) is 17.3 Å². The van der Waals surface area contributed by atoms with Crippen LogP contribution < -0.4 is 15.0 Å². The second-order valence-corrected chi connectivity index (χ2v) is 9.81. The van der Waals surface area contributed by atoms with Gasteiger partial charge in [0.25, 0.3) is 11.2 Å². The molecular weight excluding hydrogens is 589 g/mol. The van der Waals surface area contributed by atoms with Crippen LogP contribution in [-0.4, -0.2) is 27.9 Å². The van der Waals surface area contributed by atoms with E-state index >= 15 is 0 Å². The van der Waals surface area contributed by atoms with Gasteiger partial charge in [-0.15, -0.1) is 6.58 Å². The van der Waals surface area contributed by atoms with E-state index in [2.05, 4.69) is 16.7 Å². The zero-order chi connectivity index (χ0) is 32.1. The van der Waals surface area contributed by atoms with Gasteiger partial charge in [-0.25, -0.2) is 4.98 Å². The van der Waals surface area contributed by atoms with Crippen LogP contribution in [0.25, 0.3) is 22.3 Å². The fourth-order valence-electron chi connectivity index (χ4n) is 4.63. The first-order valence-corrected chi connectivity index (χ1v) is 13.5. The summed E-state index contributed by atoms with van der Waals surface area (Å²) < 4.78 is 53.2. The zero-order valence-corrected chi connectivity index (χ0v) is 23.8. The van der Waals surface area contributed by atoms with Gasteiger partial charge in [-0.2, -0.15) is 22.9 Å². The Hall–Kier alpha value is -5.78. The van der Waals surface area contributed by atoms with Crippen molar-refractivity contribution in [2.75, 3.05) is 7.11 Å². The lowest BCUT2D eigenvalue weighted by molar-refractivity contribution is -0.384. The molecule has 0 amide bonds.